The number of para-hydroxylation sites is 2. The summed E-state index contributed by atoms with van der Waals surface area (Å²) in [6.07, 6.45) is 1.88. The molecule has 180 valence electrons. The molecule has 1 amide bonds. The van der Waals surface area contributed by atoms with Gasteiger partial charge in [0.05, 0.1) is 13.2 Å². The Morgan fingerprint density at radius 1 is 1.06 bits per heavy atom. The molecule has 0 aromatic heterocycles. The maximum absolute atomic E-state index is 11.6. The van der Waals surface area contributed by atoms with Crippen LogP contribution in [0.1, 0.15) is 31.7 Å². The Morgan fingerprint density at radius 2 is 1.79 bits per heavy atom. The zero-order valence-electron chi connectivity index (χ0n) is 19.7. The quantitative estimate of drug-likeness (QED) is 0.440. The summed E-state index contributed by atoms with van der Waals surface area (Å²) in [5.74, 6) is 2.42. The average Bonchev–Trinajstić information content (AvgIpc) is 3.22. The van der Waals surface area contributed by atoms with Gasteiger partial charge in [0.2, 0.25) is 5.91 Å². The Hall–Kier alpha value is -2.77. The summed E-state index contributed by atoms with van der Waals surface area (Å²) < 4.78 is 17.1. The number of carbonyl (C=O) groups is 1. The molecule has 2 aromatic rings. The van der Waals surface area contributed by atoms with Crippen LogP contribution < -0.4 is 14.2 Å². The van der Waals surface area contributed by atoms with E-state index in [0.717, 1.165) is 37.2 Å². The van der Waals surface area contributed by atoms with Crippen LogP contribution in [0.2, 0.25) is 0 Å². The van der Waals surface area contributed by atoms with Crippen molar-refractivity contribution in [2.24, 2.45) is 0 Å². The summed E-state index contributed by atoms with van der Waals surface area (Å²) >= 11 is 0. The third kappa shape index (κ3) is 8.26. The first-order chi connectivity index (χ1) is 16.0. The van der Waals surface area contributed by atoms with Gasteiger partial charge in [0, 0.05) is 32.6 Å². The van der Waals surface area contributed by atoms with Gasteiger partial charge in [0.25, 0.3) is 0 Å². The lowest BCUT2D eigenvalue weighted by Gasteiger charge is -2.21. The maximum atomic E-state index is 11.6. The highest BCUT2D eigenvalue weighted by Gasteiger charge is 2.19. The van der Waals surface area contributed by atoms with Crippen LogP contribution in [0, 0.1) is 0 Å². The SMILES string of the molecule is CCOc1ccccc1OC[C@@H](O)CN(C)Cc1ccc(OCCCN2CCCC2=O)cc1. The van der Waals surface area contributed by atoms with E-state index in [4.69, 9.17) is 14.2 Å². The summed E-state index contributed by atoms with van der Waals surface area (Å²) in [7, 11) is 1.97. The molecular formula is C26H36N2O5. The van der Waals surface area contributed by atoms with Crippen molar-refractivity contribution in [1.29, 1.82) is 0 Å². The van der Waals surface area contributed by atoms with E-state index in [9.17, 15) is 9.90 Å². The van der Waals surface area contributed by atoms with Crippen LogP contribution >= 0.6 is 0 Å². The van der Waals surface area contributed by atoms with E-state index in [1.54, 1.807) is 0 Å². The van der Waals surface area contributed by atoms with Gasteiger partial charge in [0.1, 0.15) is 18.5 Å². The Morgan fingerprint density at radius 3 is 2.45 bits per heavy atom. The third-order valence-corrected chi connectivity index (χ3v) is 5.49. The van der Waals surface area contributed by atoms with Gasteiger partial charge < -0.3 is 24.2 Å². The molecular weight excluding hydrogens is 420 g/mol. The van der Waals surface area contributed by atoms with Gasteiger partial charge >= 0.3 is 0 Å². The number of likely N-dealkylation sites (tertiary alicyclic amines) is 1. The molecule has 0 saturated carbocycles. The molecule has 2 aromatic carbocycles. The minimum Gasteiger partial charge on any atom is -0.494 e. The first-order valence-corrected chi connectivity index (χ1v) is 11.8. The van der Waals surface area contributed by atoms with Crippen LogP contribution in [0.5, 0.6) is 17.2 Å². The monoisotopic (exact) mass is 456 g/mol. The standard InChI is InChI=1S/C26H36N2O5/c1-3-31-24-8-4-5-9-25(24)33-20-22(29)19-27(2)18-21-11-13-23(14-12-21)32-17-7-16-28-15-6-10-26(28)30/h4-5,8-9,11-14,22,29H,3,6-7,10,15-20H2,1-2H3/t22-/m0/s1. The highest BCUT2D eigenvalue weighted by molar-refractivity contribution is 5.77. The van der Waals surface area contributed by atoms with Crippen LogP contribution in [-0.2, 0) is 11.3 Å². The third-order valence-electron chi connectivity index (χ3n) is 5.49. The molecule has 1 heterocycles. The molecule has 1 fully saturated rings. The smallest absolute Gasteiger partial charge is 0.222 e. The van der Waals surface area contributed by atoms with Crippen LogP contribution in [0.4, 0.5) is 0 Å². The first-order valence-electron chi connectivity index (χ1n) is 11.8. The minimum atomic E-state index is -0.616. The number of rotatable bonds is 14. The van der Waals surface area contributed by atoms with Crippen molar-refractivity contribution in [3.8, 4) is 17.2 Å². The summed E-state index contributed by atoms with van der Waals surface area (Å²) in [6.45, 7) is 6.14. The van der Waals surface area contributed by atoms with Gasteiger partial charge in [-0.2, -0.15) is 0 Å². The van der Waals surface area contributed by atoms with Crippen molar-refractivity contribution in [2.45, 2.75) is 38.8 Å². The van der Waals surface area contributed by atoms with Gasteiger partial charge in [-0.3, -0.25) is 9.69 Å². The lowest BCUT2D eigenvalue weighted by Crippen LogP contribution is -2.32. The molecule has 1 saturated heterocycles. The second-order valence-corrected chi connectivity index (χ2v) is 8.37. The second kappa shape index (κ2) is 13.1. The number of likely N-dealkylation sites (N-methyl/N-ethyl adjacent to an activating group) is 1. The number of benzene rings is 2. The average molecular weight is 457 g/mol. The molecule has 0 unspecified atom stereocenters. The molecule has 1 N–H and O–H groups in total. The lowest BCUT2D eigenvalue weighted by molar-refractivity contribution is -0.127. The van der Waals surface area contributed by atoms with Crippen LogP contribution in [-0.4, -0.2) is 73.4 Å². The summed E-state index contributed by atoms with van der Waals surface area (Å²) in [4.78, 5) is 15.6. The predicted octanol–water partition coefficient (Wildman–Crippen LogP) is 3.35. The van der Waals surface area contributed by atoms with Crippen molar-refractivity contribution in [3.63, 3.8) is 0 Å². The van der Waals surface area contributed by atoms with Crippen molar-refractivity contribution < 1.29 is 24.1 Å². The van der Waals surface area contributed by atoms with Gasteiger partial charge in [-0.15, -0.1) is 0 Å². The van der Waals surface area contributed by atoms with Crippen LogP contribution in [0.3, 0.4) is 0 Å². The molecule has 33 heavy (non-hydrogen) atoms. The number of carbonyl (C=O) groups excluding carboxylic acids is 1. The van der Waals surface area contributed by atoms with E-state index >= 15 is 0 Å². The predicted molar refractivity (Wildman–Crippen MR) is 128 cm³/mol. The Kier molecular flexibility index (Phi) is 9.84. The van der Waals surface area contributed by atoms with E-state index < -0.39 is 6.10 Å². The van der Waals surface area contributed by atoms with Crippen molar-refractivity contribution in [1.82, 2.24) is 9.80 Å². The van der Waals surface area contributed by atoms with E-state index in [2.05, 4.69) is 4.90 Å². The van der Waals surface area contributed by atoms with Gasteiger partial charge in [-0.25, -0.2) is 0 Å². The first kappa shape index (κ1) is 24.9. The molecule has 0 bridgehead atoms. The van der Waals surface area contributed by atoms with Crippen molar-refractivity contribution in [3.05, 3.63) is 54.1 Å². The number of aliphatic hydroxyl groups excluding tert-OH is 1. The fourth-order valence-corrected chi connectivity index (χ4v) is 3.90. The summed E-state index contributed by atoms with van der Waals surface area (Å²) in [5, 5.41) is 10.4. The zero-order chi connectivity index (χ0) is 23.5. The minimum absolute atomic E-state index is 0.199. The van der Waals surface area contributed by atoms with E-state index in [-0.39, 0.29) is 12.5 Å². The number of hydrogen-bond acceptors (Lipinski definition) is 6. The summed E-state index contributed by atoms with van der Waals surface area (Å²) in [6, 6.07) is 15.5. The number of nitrogens with zero attached hydrogens (tertiary/aromatic N) is 2. The topological polar surface area (TPSA) is 71.5 Å². The molecule has 0 spiro atoms. The number of hydrogen-bond donors (Lipinski definition) is 1. The Bertz CT molecular complexity index is 858. The molecule has 1 aliphatic rings. The lowest BCUT2D eigenvalue weighted by atomic mass is 10.2. The highest BCUT2D eigenvalue weighted by atomic mass is 16.5. The molecule has 1 aliphatic heterocycles. The van der Waals surface area contributed by atoms with E-state index in [0.29, 0.717) is 44.2 Å². The number of ether oxygens (including phenoxy) is 3. The normalized spacial score (nSPS) is 14.5. The Labute approximate surface area is 196 Å². The summed E-state index contributed by atoms with van der Waals surface area (Å²) in [5.41, 5.74) is 1.14. The van der Waals surface area contributed by atoms with Crippen LogP contribution in [0.25, 0.3) is 0 Å². The van der Waals surface area contributed by atoms with Gasteiger partial charge in [-0.1, -0.05) is 24.3 Å². The van der Waals surface area contributed by atoms with Gasteiger partial charge in [0.15, 0.2) is 11.5 Å². The molecule has 3 rings (SSSR count). The number of amides is 1. The fraction of sp³-hybridized carbons (Fsp3) is 0.500. The molecule has 7 heteroatoms. The van der Waals surface area contributed by atoms with Crippen molar-refractivity contribution >= 4 is 5.91 Å². The molecule has 1 atom stereocenters. The van der Waals surface area contributed by atoms with Crippen LogP contribution in [0.15, 0.2) is 48.5 Å². The van der Waals surface area contributed by atoms with Gasteiger partial charge in [-0.05, 0) is 56.6 Å². The molecule has 7 nitrogen and oxygen atoms in total. The second-order valence-electron chi connectivity index (χ2n) is 8.37. The molecule has 0 aliphatic carbocycles. The Balaban J connectivity index is 1.35. The highest BCUT2D eigenvalue weighted by Crippen LogP contribution is 2.26. The largest absolute Gasteiger partial charge is 0.494 e. The zero-order valence-corrected chi connectivity index (χ0v) is 19.7. The van der Waals surface area contributed by atoms with E-state index in [1.807, 2.05) is 67.4 Å². The molecule has 0 radical (unpaired) electrons. The maximum Gasteiger partial charge on any atom is 0.222 e. The number of aliphatic hydroxyl groups is 1. The van der Waals surface area contributed by atoms with E-state index in [1.165, 1.54) is 0 Å². The fourth-order valence-electron chi connectivity index (χ4n) is 3.90. The van der Waals surface area contributed by atoms with Crippen molar-refractivity contribution in [2.75, 3.05) is 46.5 Å².